The first-order valence-corrected chi connectivity index (χ1v) is 2.49. The summed E-state index contributed by atoms with van der Waals surface area (Å²) in [6.07, 6.45) is 0. The first-order valence-electron chi connectivity index (χ1n) is 2.49. The topological polar surface area (TPSA) is 80.7 Å². The third kappa shape index (κ3) is 0.522. The van der Waals surface area contributed by atoms with Crippen molar-refractivity contribution in [2.45, 2.75) is 12.5 Å². The Labute approximate surface area is 55.6 Å². The molecule has 0 spiro atoms. The zero-order valence-electron chi connectivity index (χ0n) is 5.08. The maximum Gasteiger partial charge on any atom is 0.365 e. The van der Waals surface area contributed by atoms with Gasteiger partial charge < -0.3 is 9.84 Å². The van der Waals surface area contributed by atoms with Gasteiger partial charge in [-0.25, -0.2) is 9.59 Å². The minimum absolute atomic E-state index is 0.909. The molecular weight excluding hydrogens is 140 g/mol. The van der Waals surface area contributed by atoms with Crippen LogP contribution in [0.1, 0.15) is 6.92 Å². The second-order valence-corrected chi connectivity index (χ2v) is 1.94. The Hall–Kier alpha value is -1.23. The van der Waals surface area contributed by atoms with E-state index in [2.05, 4.69) is 4.74 Å². The fraction of sp³-hybridized carbons (Fsp3) is 0.400. The average molecular weight is 144 g/mol. The summed E-state index contributed by atoms with van der Waals surface area (Å²) >= 11 is 0. The Morgan fingerprint density at radius 2 is 1.90 bits per heavy atom. The Balaban J connectivity index is 2.96. The van der Waals surface area contributed by atoms with Crippen LogP contribution in [0.25, 0.3) is 0 Å². The minimum Gasteiger partial charge on any atom is -0.387 e. The molecule has 1 saturated heterocycles. The SMILES string of the molecule is CC(=O)C1(O)C(=O)OC1=O. The predicted octanol–water partition coefficient (Wildman–Crippen LogP) is -1.61. The third-order valence-corrected chi connectivity index (χ3v) is 1.29. The number of Topliss-reactive ketones (excluding diaryl/α,β-unsaturated/α-hetero) is 1. The second kappa shape index (κ2) is 1.63. The van der Waals surface area contributed by atoms with Crippen LogP contribution in [0.4, 0.5) is 0 Å². The molecule has 0 bridgehead atoms. The van der Waals surface area contributed by atoms with Crippen LogP contribution in [0, 0.1) is 0 Å². The van der Waals surface area contributed by atoms with Gasteiger partial charge in [0.25, 0.3) is 0 Å². The van der Waals surface area contributed by atoms with E-state index in [0.717, 1.165) is 6.92 Å². The Bertz CT molecular complexity index is 200. The highest BCUT2D eigenvalue weighted by Crippen LogP contribution is 2.21. The first-order chi connectivity index (χ1) is 4.49. The number of carbonyl (C=O) groups excluding carboxylic acids is 3. The van der Waals surface area contributed by atoms with Gasteiger partial charge in [0, 0.05) is 0 Å². The summed E-state index contributed by atoms with van der Waals surface area (Å²) in [7, 11) is 0. The standard InChI is InChI=1S/C5H4O5/c1-2(6)5(9)3(7)10-4(5)8/h9H,1H3. The summed E-state index contributed by atoms with van der Waals surface area (Å²) < 4.78 is 3.77. The highest BCUT2D eigenvalue weighted by Gasteiger charge is 2.62. The molecule has 0 aromatic carbocycles. The fourth-order valence-corrected chi connectivity index (χ4v) is 0.556. The molecule has 1 N–H and O–H groups in total. The van der Waals surface area contributed by atoms with Gasteiger partial charge in [0.2, 0.25) is 0 Å². The largest absolute Gasteiger partial charge is 0.387 e. The van der Waals surface area contributed by atoms with E-state index in [-0.39, 0.29) is 0 Å². The lowest BCUT2D eigenvalue weighted by atomic mass is 9.96. The van der Waals surface area contributed by atoms with Gasteiger partial charge in [0.05, 0.1) is 0 Å². The lowest BCUT2D eigenvalue weighted by Crippen LogP contribution is -2.64. The molecule has 5 heteroatoms. The number of rotatable bonds is 1. The van der Waals surface area contributed by atoms with Crippen molar-refractivity contribution in [3.8, 4) is 0 Å². The van der Waals surface area contributed by atoms with Crippen molar-refractivity contribution in [1.29, 1.82) is 0 Å². The van der Waals surface area contributed by atoms with Gasteiger partial charge in [-0.05, 0) is 6.92 Å². The van der Waals surface area contributed by atoms with Crippen LogP contribution < -0.4 is 0 Å². The normalized spacial score (nSPS) is 21.4. The van der Waals surface area contributed by atoms with Crippen molar-refractivity contribution in [2.24, 2.45) is 0 Å². The highest BCUT2D eigenvalue weighted by atomic mass is 16.6. The number of cyclic esters (lactones) is 2. The molecule has 1 rings (SSSR count). The van der Waals surface area contributed by atoms with Crippen LogP contribution in [0.5, 0.6) is 0 Å². The molecule has 1 heterocycles. The smallest absolute Gasteiger partial charge is 0.365 e. The van der Waals surface area contributed by atoms with Gasteiger partial charge in [-0.2, -0.15) is 0 Å². The molecule has 0 aromatic heterocycles. The average Bonchev–Trinajstić information content (AvgIpc) is 1.86. The number of ketones is 1. The monoisotopic (exact) mass is 144 g/mol. The summed E-state index contributed by atoms with van der Waals surface area (Å²) in [5.41, 5.74) is -2.50. The quantitative estimate of drug-likeness (QED) is 0.353. The molecule has 0 radical (unpaired) electrons. The Morgan fingerprint density at radius 1 is 1.50 bits per heavy atom. The zero-order valence-corrected chi connectivity index (χ0v) is 5.08. The minimum atomic E-state index is -2.50. The molecule has 10 heavy (non-hydrogen) atoms. The van der Waals surface area contributed by atoms with Crippen LogP contribution in [-0.4, -0.2) is 28.4 Å². The lowest BCUT2D eigenvalue weighted by molar-refractivity contribution is -0.207. The summed E-state index contributed by atoms with van der Waals surface area (Å²) in [6.45, 7) is 0.943. The number of hydrogen-bond acceptors (Lipinski definition) is 5. The number of aliphatic hydroxyl groups is 1. The fourth-order valence-electron chi connectivity index (χ4n) is 0.556. The molecule has 5 nitrogen and oxygen atoms in total. The van der Waals surface area contributed by atoms with Crippen LogP contribution in [0.15, 0.2) is 0 Å². The molecule has 0 saturated carbocycles. The molecule has 0 unspecified atom stereocenters. The van der Waals surface area contributed by atoms with Crippen LogP contribution in [-0.2, 0) is 19.1 Å². The maximum absolute atomic E-state index is 10.4. The van der Waals surface area contributed by atoms with Gasteiger partial charge in [-0.15, -0.1) is 0 Å². The van der Waals surface area contributed by atoms with E-state index in [0.29, 0.717) is 0 Å². The molecule has 1 fully saturated rings. The van der Waals surface area contributed by atoms with Gasteiger partial charge in [-0.1, -0.05) is 0 Å². The van der Waals surface area contributed by atoms with Gasteiger partial charge >= 0.3 is 17.5 Å². The number of ether oxygens (including phenoxy) is 1. The van der Waals surface area contributed by atoms with Crippen molar-refractivity contribution >= 4 is 17.7 Å². The van der Waals surface area contributed by atoms with E-state index in [4.69, 9.17) is 5.11 Å². The molecule has 0 aliphatic carbocycles. The summed E-state index contributed by atoms with van der Waals surface area (Å²) in [6, 6.07) is 0. The van der Waals surface area contributed by atoms with E-state index in [1.54, 1.807) is 0 Å². The lowest BCUT2D eigenvalue weighted by Gasteiger charge is -2.27. The molecular formula is C5H4O5. The Morgan fingerprint density at radius 3 is 2.00 bits per heavy atom. The first kappa shape index (κ1) is 6.88. The molecule has 0 atom stereocenters. The molecule has 0 amide bonds. The molecule has 1 aliphatic heterocycles. The van der Waals surface area contributed by atoms with Crippen LogP contribution in [0.2, 0.25) is 0 Å². The van der Waals surface area contributed by atoms with Gasteiger partial charge in [0.1, 0.15) is 0 Å². The van der Waals surface area contributed by atoms with Gasteiger partial charge in [0.15, 0.2) is 5.78 Å². The summed E-state index contributed by atoms with van der Waals surface area (Å²) in [5.74, 6) is -3.29. The van der Waals surface area contributed by atoms with Crippen molar-refractivity contribution in [3.05, 3.63) is 0 Å². The van der Waals surface area contributed by atoms with Crippen molar-refractivity contribution in [3.63, 3.8) is 0 Å². The zero-order chi connectivity index (χ0) is 7.94. The highest BCUT2D eigenvalue weighted by molar-refractivity contribution is 6.32. The second-order valence-electron chi connectivity index (χ2n) is 1.94. The molecule has 1 aliphatic rings. The van der Waals surface area contributed by atoms with E-state index in [1.807, 2.05) is 0 Å². The number of esters is 2. The van der Waals surface area contributed by atoms with Crippen LogP contribution in [0.3, 0.4) is 0 Å². The van der Waals surface area contributed by atoms with Crippen molar-refractivity contribution < 1.29 is 24.2 Å². The Kier molecular flexibility index (Phi) is 1.12. The van der Waals surface area contributed by atoms with E-state index in [1.165, 1.54) is 0 Å². The molecule has 54 valence electrons. The van der Waals surface area contributed by atoms with Crippen LogP contribution >= 0.6 is 0 Å². The van der Waals surface area contributed by atoms with Crippen molar-refractivity contribution in [2.75, 3.05) is 0 Å². The summed E-state index contributed by atoms with van der Waals surface area (Å²) in [4.78, 5) is 31.0. The van der Waals surface area contributed by atoms with E-state index in [9.17, 15) is 14.4 Å². The predicted molar refractivity (Wildman–Crippen MR) is 26.7 cm³/mol. The van der Waals surface area contributed by atoms with Crippen molar-refractivity contribution in [1.82, 2.24) is 0 Å². The van der Waals surface area contributed by atoms with Gasteiger partial charge in [-0.3, -0.25) is 4.79 Å². The number of carbonyl (C=O) groups is 3. The maximum atomic E-state index is 10.4. The van der Waals surface area contributed by atoms with E-state index < -0.39 is 23.3 Å². The summed E-state index contributed by atoms with van der Waals surface area (Å²) in [5, 5.41) is 8.85. The molecule has 0 aromatic rings. The van der Waals surface area contributed by atoms with E-state index >= 15 is 0 Å². The number of hydrogen-bond donors (Lipinski definition) is 1. The third-order valence-electron chi connectivity index (χ3n) is 1.29.